The second kappa shape index (κ2) is 6.64. The summed E-state index contributed by atoms with van der Waals surface area (Å²) in [6.45, 7) is 12.4. The molecule has 0 aliphatic heterocycles. The van der Waals surface area contributed by atoms with Crippen molar-refractivity contribution < 1.29 is 9.53 Å². The van der Waals surface area contributed by atoms with E-state index in [1.165, 1.54) is 5.57 Å². The highest BCUT2D eigenvalue weighted by Crippen LogP contribution is 2.18. The number of ether oxygens (including phenoxy) is 1. The van der Waals surface area contributed by atoms with Crippen molar-refractivity contribution in [1.29, 1.82) is 0 Å². The molecule has 0 unspecified atom stereocenters. The van der Waals surface area contributed by atoms with Crippen LogP contribution in [0, 0.1) is 0 Å². The van der Waals surface area contributed by atoms with Crippen LogP contribution in [0.2, 0.25) is 0 Å². The Balaban J connectivity index is 4.51. The van der Waals surface area contributed by atoms with E-state index in [1.807, 2.05) is 27.7 Å². The van der Waals surface area contributed by atoms with Crippen molar-refractivity contribution in [3.8, 4) is 0 Å². The van der Waals surface area contributed by atoms with Gasteiger partial charge in [0.1, 0.15) is 0 Å². The maximum absolute atomic E-state index is 10.9. The maximum Gasteiger partial charge on any atom is 0.152 e. The zero-order valence-electron chi connectivity index (χ0n) is 11.4. The molecule has 0 fully saturated rings. The minimum absolute atomic E-state index is 0.106. The average molecular weight is 224 g/mol. The summed E-state index contributed by atoms with van der Waals surface area (Å²) < 4.78 is 5.60. The molecule has 0 aromatic heterocycles. The van der Waals surface area contributed by atoms with Crippen LogP contribution in [0.1, 0.15) is 48.0 Å². The monoisotopic (exact) mass is 224 g/mol. The summed E-state index contributed by atoms with van der Waals surface area (Å²) in [5.41, 5.74) is 2.09. The van der Waals surface area contributed by atoms with Gasteiger partial charge in [-0.15, -0.1) is 0 Å². The van der Waals surface area contributed by atoms with Gasteiger partial charge in [0, 0.05) is 6.61 Å². The van der Waals surface area contributed by atoms with Crippen LogP contribution in [-0.4, -0.2) is 18.0 Å². The smallest absolute Gasteiger partial charge is 0.152 e. The van der Waals surface area contributed by atoms with Gasteiger partial charge in [-0.1, -0.05) is 17.2 Å². The van der Waals surface area contributed by atoms with E-state index >= 15 is 0 Å². The first-order chi connectivity index (χ1) is 7.26. The van der Waals surface area contributed by atoms with Gasteiger partial charge >= 0.3 is 0 Å². The van der Waals surface area contributed by atoms with Crippen LogP contribution in [0.15, 0.2) is 23.3 Å². The van der Waals surface area contributed by atoms with Crippen LogP contribution < -0.4 is 0 Å². The van der Waals surface area contributed by atoms with Gasteiger partial charge in [0.05, 0.1) is 5.60 Å². The van der Waals surface area contributed by atoms with Gasteiger partial charge in [-0.25, -0.2) is 0 Å². The molecule has 0 saturated carbocycles. The summed E-state index contributed by atoms with van der Waals surface area (Å²) in [5.74, 6) is 0.106. The van der Waals surface area contributed by atoms with Gasteiger partial charge in [0.2, 0.25) is 0 Å². The van der Waals surface area contributed by atoms with E-state index in [0.29, 0.717) is 6.61 Å². The van der Waals surface area contributed by atoms with Gasteiger partial charge in [-0.05, 0) is 54.0 Å². The van der Waals surface area contributed by atoms with Crippen molar-refractivity contribution in [2.45, 2.75) is 53.6 Å². The Morgan fingerprint density at radius 3 is 2.19 bits per heavy atom. The predicted molar refractivity (Wildman–Crippen MR) is 68.5 cm³/mol. The second-order valence-corrected chi connectivity index (χ2v) is 4.81. The van der Waals surface area contributed by atoms with Crippen molar-refractivity contribution in [3.63, 3.8) is 0 Å². The fraction of sp³-hybridized carbons (Fsp3) is 0.643. The van der Waals surface area contributed by atoms with Gasteiger partial charge in [-0.3, -0.25) is 4.79 Å². The molecule has 92 valence electrons. The lowest BCUT2D eigenvalue weighted by molar-refractivity contribution is -0.112. The van der Waals surface area contributed by atoms with Crippen LogP contribution in [-0.2, 0) is 9.53 Å². The Morgan fingerprint density at radius 2 is 1.75 bits per heavy atom. The molecule has 2 heteroatoms. The van der Waals surface area contributed by atoms with E-state index in [9.17, 15) is 4.79 Å². The van der Waals surface area contributed by atoms with Crippen LogP contribution in [0.3, 0.4) is 0 Å². The van der Waals surface area contributed by atoms with E-state index in [-0.39, 0.29) is 11.4 Å². The highest BCUT2D eigenvalue weighted by molar-refractivity contribution is 5.87. The van der Waals surface area contributed by atoms with Gasteiger partial charge in [0.25, 0.3) is 0 Å². The molecule has 0 aromatic rings. The van der Waals surface area contributed by atoms with E-state index in [2.05, 4.69) is 13.0 Å². The Hall–Kier alpha value is -0.890. The van der Waals surface area contributed by atoms with Crippen LogP contribution in [0.5, 0.6) is 0 Å². The number of rotatable bonds is 6. The molecule has 0 aliphatic carbocycles. The number of hydrogen-bond acceptors (Lipinski definition) is 2. The van der Waals surface area contributed by atoms with Crippen LogP contribution >= 0.6 is 0 Å². The van der Waals surface area contributed by atoms with Crippen LogP contribution in [0.25, 0.3) is 0 Å². The first-order valence-corrected chi connectivity index (χ1v) is 5.77. The molecular weight excluding hydrogens is 200 g/mol. The molecule has 0 spiro atoms. The fourth-order valence-corrected chi connectivity index (χ4v) is 1.90. The van der Waals surface area contributed by atoms with E-state index in [0.717, 1.165) is 12.0 Å². The number of carbonyl (C=O) groups is 1. The van der Waals surface area contributed by atoms with Crippen molar-refractivity contribution in [2.75, 3.05) is 6.61 Å². The lowest BCUT2D eigenvalue weighted by atomic mass is 10.0. The van der Waals surface area contributed by atoms with E-state index in [1.54, 1.807) is 13.0 Å². The highest BCUT2D eigenvalue weighted by Gasteiger charge is 2.13. The fourth-order valence-electron chi connectivity index (χ4n) is 1.90. The summed E-state index contributed by atoms with van der Waals surface area (Å²) in [7, 11) is 0. The first-order valence-electron chi connectivity index (χ1n) is 5.77. The molecule has 0 N–H and O–H groups in total. The minimum Gasteiger partial charge on any atom is -0.372 e. The maximum atomic E-state index is 10.9. The molecule has 0 saturated heterocycles. The molecule has 0 rings (SSSR count). The standard InChI is InChI=1S/C14H24O2/c1-7-16-14(5,6)10-12(3)8-11(2)9-13(4)15/h9-10H,7-8H2,1-6H3/b11-9+,12-10-. The zero-order chi connectivity index (χ0) is 12.8. The largest absolute Gasteiger partial charge is 0.372 e. The predicted octanol–water partition coefficient (Wildman–Crippen LogP) is 3.67. The molecule has 0 aliphatic rings. The van der Waals surface area contributed by atoms with E-state index < -0.39 is 0 Å². The lowest BCUT2D eigenvalue weighted by Gasteiger charge is -2.21. The minimum atomic E-state index is -0.227. The molecule has 0 aromatic carbocycles. The summed E-state index contributed by atoms with van der Waals surface area (Å²) in [5, 5.41) is 0. The number of allylic oxidation sites excluding steroid dienone is 3. The number of ketones is 1. The quantitative estimate of drug-likeness (QED) is 0.508. The van der Waals surface area contributed by atoms with Crippen LogP contribution in [0.4, 0.5) is 0 Å². The zero-order valence-corrected chi connectivity index (χ0v) is 11.4. The van der Waals surface area contributed by atoms with Crippen molar-refractivity contribution in [3.05, 3.63) is 23.3 Å². The Bertz CT molecular complexity index is 296. The topological polar surface area (TPSA) is 26.3 Å². The van der Waals surface area contributed by atoms with Crippen molar-refractivity contribution in [1.82, 2.24) is 0 Å². The number of carbonyl (C=O) groups excluding carboxylic acids is 1. The van der Waals surface area contributed by atoms with E-state index in [4.69, 9.17) is 4.74 Å². The Morgan fingerprint density at radius 1 is 1.19 bits per heavy atom. The number of hydrogen-bond donors (Lipinski definition) is 0. The van der Waals surface area contributed by atoms with Crippen molar-refractivity contribution >= 4 is 5.78 Å². The molecule has 0 amide bonds. The average Bonchev–Trinajstić information content (AvgIpc) is 1.98. The molecule has 0 atom stereocenters. The first kappa shape index (κ1) is 15.1. The molecule has 16 heavy (non-hydrogen) atoms. The van der Waals surface area contributed by atoms with Crippen molar-refractivity contribution in [2.24, 2.45) is 0 Å². The molecule has 2 nitrogen and oxygen atoms in total. The third kappa shape index (κ3) is 7.41. The summed E-state index contributed by atoms with van der Waals surface area (Å²) >= 11 is 0. The molecular formula is C14H24O2. The summed E-state index contributed by atoms with van der Waals surface area (Å²) in [6, 6.07) is 0. The van der Waals surface area contributed by atoms with Gasteiger partial charge < -0.3 is 4.74 Å². The summed E-state index contributed by atoms with van der Waals surface area (Å²) in [4.78, 5) is 10.9. The SMILES string of the molecule is CCOC(C)(C)/C=C(/C)C/C(C)=C/C(C)=O. The van der Waals surface area contributed by atoms with Gasteiger partial charge in [-0.2, -0.15) is 0 Å². The second-order valence-electron chi connectivity index (χ2n) is 4.81. The molecule has 0 radical (unpaired) electrons. The molecule has 0 bridgehead atoms. The normalized spacial score (nSPS) is 14.1. The highest BCUT2D eigenvalue weighted by atomic mass is 16.5. The Kier molecular flexibility index (Phi) is 6.27. The van der Waals surface area contributed by atoms with Gasteiger partial charge in [0.15, 0.2) is 5.78 Å². The Labute approximate surface area is 99.4 Å². The third-order valence-corrected chi connectivity index (χ3v) is 2.12. The lowest BCUT2D eigenvalue weighted by Crippen LogP contribution is -2.21. The third-order valence-electron chi connectivity index (χ3n) is 2.12. The summed E-state index contributed by atoms with van der Waals surface area (Å²) in [6.07, 6.45) is 4.63. The molecule has 0 heterocycles.